The van der Waals surface area contributed by atoms with Crippen LogP contribution < -0.4 is 0 Å². The van der Waals surface area contributed by atoms with E-state index in [1.54, 1.807) is 6.92 Å². The molecule has 0 heterocycles. The van der Waals surface area contributed by atoms with Crippen molar-refractivity contribution in [2.75, 3.05) is 0 Å². The van der Waals surface area contributed by atoms with Crippen molar-refractivity contribution in [3.8, 4) is 0 Å². The van der Waals surface area contributed by atoms with Crippen LogP contribution in [0.4, 0.5) is 0 Å². The average molecular weight is 110 g/mol. The van der Waals surface area contributed by atoms with Crippen molar-refractivity contribution in [2.45, 2.75) is 6.92 Å². The molecule has 0 fully saturated rings. The van der Waals surface area contributed by atoms with Gasteiger partial charge in [0.15, 0.2) is 0 Å². The van der Waals surface area contributed by atoms with Crippen molar-refractivity contribution < 1.29 is 4.74 Å². The van der Waals surface area contributed by atoms with Gasteiger partial charge in [-0.2, -0.15) is 0 Å². The van der Waals surface area contributed by atoms with Crippen molar-refractivity contribution in [3.05, 3.63) is 37.3 Å². The first kappa shape index (κ1) is 7.02. The van der Waals surface area contributed by atoms with Crippen molar-refractivity contribution >= 4 is 0 Å². The summed E-state index contributed by atoms with van der Waals surface area (Å²) in [6, 6.07) is 0. The third-order valence-corrected chi connectivity index (χ3v) is 0.533. The highest BCUT2D eigenvalue weighted by atomic mass is 16.5. The zero-order chi connectivity index (χ0) is 6.57. The SMILES string of the molecule is C=CC(=C)OC(=C)C. The van der Waals surface area contributed by atoms with Crippen LogP contribution in [0, 0.1) is 0 Å². The number of hydrogen-bond donors (Lipinski definition) is 0. The minimum absolute atomic E-state index is 0.539. The van der Waals surface area contributed by atoms with Crippen LogP contribution in [0.5, 0.6) is 0 Å². The Labute approximate surface area is 50.0 Å². The van der Waals surface area contributed by atoms with Gasteiger partial charge >= 0.3 is 0 Å². The molecule has 0 aliphatic rings. The van der Waals surface area contributed by atoms with Gasteiger partial charge in [0.05, 0.1) is 5.76 Å². The van der Waals surface area contributed by atoms with Crippen LogP contribution in [0.25, 0.3) is 0 Å². The highest BCUT2D eigenvalue weighted by molar-refractivity contribution is 5.04. The van der Waals surface area contributed by atoms with Gasteiger partial charge in [0, 0.05) is 0 Å². The minimum atomic E-state index is 0.539. The van der Waals surface area contributed by atoms with E-state index in [2.05, 4.69) is 19.7 Å². The fourth-order valence-electron chi connectivity index (χ4n) is 0.265. The van der Waals surface area contributed by atoms with Crippen molar-refractivity contribution in [2.24, 2.45) is 0 Å². The molecule has 0 saturated heterocycles. The second-order valence-corrected chi connectivity index (χ2v) is 1.47. The van der Waals surface area contributed by atoms with E-state index in [4.69, 9.17) is 4.74 Å². The summed E-state index contributed by atoms with van der Waals surface area (Å²) < 4.78 is 4.89. The predicted molar refractivity (Wildman–Crippen MR) is 35.2 cm³/mol. The summed E-state index contributed by atoms with van der Waals surface area (Å²) in [5, 5.41) is 0. The highest BCUT2D eigenvalue weighted by Gasteiger charge is 1.83. The molecule has 1 heteroatoms. The lowest BCUT2D eigenvalue weighted by Gasteiger charge is -2.00. The van der Waals surface area contributed by atoms with Crippen LogP contribution in [-0.4, -0.2) is 0 Å². The smallest absolute Gasteiger partial charge is 0.119 e. The van der Waals surface area contributed by atoms with E-state index in [1.807, 2.05) is 0 Å². The third kappa shape index (κ3) is 3.22. The molecule has 0 saturated carbocycles. The number of allylic oxidation sites excluding steroid dienone is 2. The van der Waals surface area contributed by atoms with Crippen LogP contribution in [0.15, 0.2) is 37.3 Å². The molecule has 44 valence electrons. The Kier molecular flexibility index (Phi) is 2.70. The normalized spacial score (nSPS) is 7.62. The average Bonchev–Trinajstić information content (AvgIpc) is 1.65. The summed E-state index contributed by atoms with van der Waals surface area (Å²) in [4.78, 5) is 0. The maximum absolute atomic E-state index is 4.89. The standard InChI is InChI=1S/C7H10O/c1-5-7(4)8-6(2)3/h5H,1-2,4H2,3H3. The third-order valence-electron chi connectivity index (χ3n) is 0.533. The van der Waals surface area contributed by atoms with E-state index < -0.39 is 0 Å². The Balaban J connectivity index is 3.55. The Hall–Kier alpha value is -0.980. The molecule has 0 amide bonds. The van der Waals surface area contributed by atoms with E-state index in [0.29, 0.717) is 11.5 Å². The van der Waals surface area contributed by atoms with E-state index in [-0.39, 0.29) is 0 Å². The lowest BCUT2D eigenvalue weighted by Crippen LogP contribution is -1.80. The molecular formula is C7H10O. The zero-order valence-corrected chi connectivity index (χ0v) is 5.11. The summed E-state index contributed by atoms with van der Waals surface area (Å²) in [6.45, 7) is 12.2. The fraction of sp³-hybridized carbons (Fsp3) is 0.143. The Morgan fingerprint density at radius 3 is 2.12 bits per heavy atom. The lowest BCUT2D eigenvalue weighted by atomic mass is 10.5. The topological polar surface area (TPSA) is 9.23 Å². The van der Waals surface area contributed by atoms with Gasteiger partial charge in [-0.3, -0.25) is 0 Å². The Bertz CT molecular complexity index is 122. The quantitative estimate of drug-likeness (QED) is 0.400. The molecule has 8 heavy (non-hydrogen) atoms. The van der Waals surface area contributed by atoms with Crippen molar-refractivity contribution in [1.29, 1.82) is 0 Å². The second-order valence-electron chi connectivity index (χ2n) is 1.47. The largest absolute Gasteiger partial charge is 0.463 e. The molecular weight excluding hydrogens is 100 g/mol. The van der Waals surface area contributed by atoms with Crippen LogP contribution in [0.3, 0.4) is 0 Å². The summed E-state index contributed by atoms with van der Waals surface area (Å²) in [5.41, 5.74) is 0. The number of rotatable bonds is 3. The lowest BCUT2D eigenvalue weighted by molar-refractivity contribution is 0.326. The van der Waals surface area contributed by atoms with E-state index in [9.17, 15) is 0 Å². The van der Waals surface area contributed by atoms with Gasteiger partial charge in [0.1, 0.15) is 5.76 Å². The maximum Gasteiger partial charge on any atom is 0.119 e. The summed E-state index contributed by atoms with van der Waals surface area (Å²) >= 11 is 0. The van der Waals surface area contributed by atoms with Crippen LogP contribution in [0.2, 0.25) is 0 Å². The van der Waals surface area contributed by atoms with Crippen LogP contribution in [-0.2, 0) is 4.74 Å². The van der Waals surface area contributed by atoms with Crippen molar-refractivity contribution in [3.63, 3.8) is 0 Å². The molecule has 0 aromatic rings. The Morgan fingerprint density at radius 2 is 2.00 bits per heavy atom. The summed E-state index contributed by atoms with van der Waals surface area (Å²) in [7, 11) is 0. The molecule has 0 aromatic carbocycles. The molecule has 0 atom stereocenters. The molecule has 0 aromatic heterocycles. The molecule has 0 aliphatic carbocycles. The molecule has 0 unspecified atom stereocenters. The van der Waals surface area contributed by atoms with Crippen molar-refractivity contribution in [1.82, 2.24) is 0 Å². The first-order valence-corrected chi connectivity index (χ1v) is 2.31. The molecule has 0 rings (SSSR count). The molecule has 0 radical (unpaired) electrons. The number of hydrogen-bond acceptors (Lipinski definition) is 1. The molecule has 0 aliphatic heterocycles. The highest BCUT2D eigenvalue weighted by Crippen LogP contribution is 1.99. The maximum atomic E-state index is 4.89. The van der Waals surface area contributed by atoms with Gasteiger partial charge in [0.25, 0.3) is 0 Å². The molecule has 0 bridgehead atoms. The van der Waals surface area contributed by atoms with Crippen LogP contribution >= 0.6 is 0 Å². The van der Waals surface area contributed by atoms with Gasteiger partial charge in [-0.25, -0.2) is 0 Å². The molecule has 1 nitrogen and oxygen atoms in total. The summed E-state index contributed by atoms with van der Waals surface area (Å²) in [5.74, 6) is 1.17. The van der Waals surface area contributed by atoms with Gasteiger partial charge in [-0.05, 0) is 13.0 Å². The molecule has 0 spiro atoms. The van der Waals surface area contributed by atoms with E-state index in [1.165, 1.54) is 6.08 Å². The summed E-state index contributed by atoms with van der Waals surface area (Å²) in [6.07, 6.45) is 1.54. The first-order chi connectivity index (χ1) is 3.66. The van der Waals surface area contributed by atoms with E-state index >= 15 is 0 Å². The minimum Gasteiger partial charge on any atom is -0.463 e. The zero-order valence-electron chi connectivity index (χ0n) is 5.11. The second kappa shape index (κ2) is 3.08. The van der Waals surface area contributed by atoms with Gasteiger partial charge in [0.2, 0.25) is 0 Å². The monoisotopic (exact) mass is 110 g/mol. The van der Waals surface area contributed by atoms with E-state index in [0.717, 1.165) is 0 Å². The first-order valence-electron chi connectivity index (χ1n) is 2.31. The van der Waals surface area contributed by atoms with Crippen LogP contribution in [0.1, 0.15) is 6.92 Å². The van der Waals surface area contributed by atoms with Gasteiger partial charge in [-0.1, -0.05) is 19.7 Å². The molecule has 0 N–H and O–H groups in total. The fourth-order valence-corrected chi connectivity index (χ4v) is 0.265. The van der Waals surface area contributed by atoms with Gasteiger partial charge in [-0.15, -0.1) is 0 Å². The number of ether oxygens (including phenoxy) is 1. The van der Waals surface area contributed by atoms with Gasteiger partial charge < -0.3 is 4.74 Å². The predicted octanol–water partition coefficient (Wildman–Crippen LogP) is 2.24. The Morgan fingerprint density at radius 1 is 1.50 bits per heavy atom.